The molecule has 3 aliphatic rings. The second-order valence-corrected chi connectivity index (χ2v) is 12.2. The Morgan fingerprint density at radius 1 is 1.12 bits per heavy atom. The molecule has 0 saturated heterocycles. The summed E-state index contributed by atoms with van der Waals surface area (Å²) in [7, 11) is 1.61. The van der Waals surface area contributed by atoms with Crippen LogP contribution in [0.2, 0.25) is 0 Å². The van der Waals surface area contributed by atoms with Crippen LogP contribution in [0.4, 0.5) is 14.6 Å². The van der Waals surface area contributed by atoms with Crippen LogP contribution in [-0.4, -0.2) is 33.5 Å². The van der Waals surface area contributed by atoms with Gasteiger partial charge in [-0.05, 0) is 74.1 Å². The largest absolute Gasteiger partial charge is 0.373 e. The van der Waals surface area contributed by atoms with Gasteiger partial charge in [-0.25, -0.2) is 18.7 Å². The molecule has 1 unspecified atom stereocenters. The van der Waals surface area contributed by atoms with Gasteiger partial charge in [0.25, 0.3) is 5.91 Å². The highest BCUT2D eigenvalue weighted by atomic mass is 19.2. The number of anilines is 1. The summed E-state index contributed by atoms with van der Waals surface area (Å²) < 4.78 is 36.9. The van der Waals surface area contributed by atoms with Gasteiger partial charge in [0.2, 0.25) is 5.91 Å². The minimum absolute atomic E-state index is 0.0807. The van der Waals surface area contributed by atoms with Crippen LogP contribution < -0.4 is 10.6 Å². The summed E-state index contributed by atoms with van der Waals surface area (Å²) in [5.74, 6) is -1.37. The van der Waals surface area contributed by atoms with E-state index in [4.69, 9.17) is 4.74 Å². The third-order valence-electron chi connectivity index (χ3n) is 9.42. The Hall–Kier alpha value is -4.44. The molecule has 1 spiro atoms. The van der Waals surface area contributed by atoms with Gasteiger partial charge < -0.3 is 19.9 Å². The number of hydrogen-bond acceptors (Lipinski definition) is 5. The molecular formula is C33H31F2N5O3. The summed E-state index contributed by atoms with van der Waals surface area (Å²) in [6.07, 6.45) is 4.72. The molecule has 8 nitrogen and oxygen atoms in total. The van der Waals surface area contributed by atoms with Crippen LogP contribution in [0.25, 0.3) is 0 Å². The number of fused-ring (bicyclic) bond motifs is 4. The van der Waals surface area contributed by atoms with Crippen molar-refractivity contribution in [1.29, 1.82) is 0 Å². The van der Waals surface area contributed by atoms with Gasteiger partial charge in [-0.1, -0.05) is 24.3 Å². The molecule has 1 aliphatic carbocycles. The highest BCUT2D eigenvalue weighted by Crippen LogP contribution is 2.47. The summed E-state index contributed by atoms with van der Waals surface area (Å²) in [6.45, 7) is 4.19. The number of nitrogens with one attached hydrogen (secondary N) is 2. The first kappa shape index (κ1) is 27.4. The number of amides is 2. The quantitative estimate of drug-likeness (QED) is 0.341. The van der Waals surface area contributed by atoms with Crippen LogP contribution >= 0.6 is 0 Å². The molecule has 10 heteroatoms. The smallest absolute Gasteiger partial charge is 0.251 e. The van der Waals surface area contributed by atoms with E-state index in [1.807, 2.05) is 42.7 Å². The fourth-order valence-corrected chi connectivity index (χ4v) is 6.96. The molecule has 3 atom stereocenters. The van der Waals surface area contributed by atoms with Gasteiger partial charge in [0.15, 0.2) is 11.6 Å². The van der Waals surface area contributed by atoms with Crippen LogP contribution in [0.15, 0.2) is 60.9 Å². The number of carbonyl (C=O) groups is 2. The number of halogens is 2. The maximum absolute atomic E-state index is 15.0. The molecule has 4 aromatic rings. The molecule has 0 bridgehead atoms. The van der Waals surface area contributed by atoms with Crippen molar-refractivity contribution >= 4 is 17.6 Å². The number of methoxy groups -OCH3 is 1. The first-order chi connectivity index (χ1) is 20.6. The molecule has 0 saturated carbocycles. The number of nitrogens with zero attached hydrogens (tertiary/aromatic N) is 3. The molecule has 220 valence electrons. The number of aromatic nitrogens is 3. The SMILES string of the molecule is COC(C)(C)c1cnc2n1C[C@H](c1cccc(F)c1F)C[C@@H]2NC(=O)c1ccc2c(c1)CC1(C2)C(=O)Nc2ncccc21. The maximum Gasteiger partial charge on any atom is 0.251 e. The second kappa shape index (κ2) is 9.80. The van der Waals surface area contributed by atoms with Gasteiger partial charge in [0, 0.05) is 36.9 Å². The monoisotopic (exact) mass is 583 g/mol. The Morgan fingerprint density at radius 2 is 1.93 bits per heavy atom. The number of ether oxygens (including phenoxy) is 1. The normalized spacial score (nSPS) is 22.2. The van der Waals surface area contributed by atoms with Crippen molar-refractivity contribution in [2.75, 3.05) is 12.4 Å². The van der Waals surface area contributed by atoms with E-state index in [2.05, 4.69) is 20.6 Å². The van der Waals surface area contributed by atoms with Crippen LogP contribution in [0, 0.1) is 11.6 Å². The standard InChI is InChI=1S/C33H31F2N5O3/c1-32(2,43-3)26-16-37-29-25(13-21(17-40(26)29)22-6-4-8-24(34)27(22)35)38-30(41)18-9-10-19-14-33(15-20(19)12-18)23-7-5-11-36-28(23)39-31(33)42/h4-12,16,21,25H,13-15,17H2,1-3H3,(H,38,41)(H,36,39,42)/t21-,25+,33?/m1/s1. The van der Waals surface area contributed by atoms with E-state index in [0.717, 1.165) is 28.5 Å². The summed E-state index contributed by atoms with van der Waals surface area (Å²) >= 11 is 0. The number of pyridine rings is 1. The Bertz CT molecular complexity index is 1800. The van der Waals surface area contributed by atoms with Gasteiger partial charge in [-0.15, -0.1) is 0 Å². The summed E-state index contributed by atoms with van der Waals surface area (Å²) in [5.41, 5.74) is 2.89. The maximum atomic E-state index is 15.0. The lowest BCUT2D eigenvalue weighted by Gasteiger charge is -2.34. The Morgan fingerprint density at radius 3 is 2.74 bits per heavy atom. The lowest BCUT2D eigenvalue weighted by molar-refractivity contribution is -0.120. The zero-order valence-corrected chi connectivity index (χ0v) is 24.1. The minimum Gasteiger partial charge on any atom is -0.373 e. The van der Waals surface area contributed by atoms with Crippen molar-refractivity contribution in [3.8, 4) is 0 Å². The second-order valence-electron chi connectivity index (χ2n) is 12.2. The van der Waals surface area contributed by atoms with E-state index in [-0.39, 0.29) is 17.4 Å². The Kier molecular flexibility index (Phi) is 6.25. The van der Waals surface area contributed by atoms with E-state index in [9.17, 15) is 18.4 Å². The fourth-order valence-electron chi connectivity index (χ4n) is 6.96. The number of carbonyl (C=O) groups excluding carboxylic acids is 2. The average Bonchev–Trinajstić information content (AvgIpc) is 3.68. The van der Waals surface area contributed by atoms with Crippen LogP contribution in [0.1, 0.15) is 76.4 Å². The first-order valence-corrected chi connectivity index (χ1v) is 14.4. The van der Waals surface area contributed by atoms with Gasteiger partial charge in [-0.2, -0.15) is 0 Å². The van der Waals surface area contributed by atoms with Gasteiger partial charge in [-0.3, -0.25) is 9.59 Å². The molecule has 4 heterocycles. The van der Waals surface area contributed by atoms with E-state index >= 15 is 0 Å². The molecule has 2 aliphatic heterocycles. The zero-order valence-electron chi connectivity index (χ0n) is 24.1. The molecule has 2 aromatic carbocycles. The van der Waals surface area contributed by atoms with E-state index in [1.54, 1.807) is 31.6 Å². The molecular weight excluding hydrogens is 552 g/mol. The fraction of sp³-hybridized carbons (Fsp3) is 0.333. The van der Waals surface area contributed by atoms with Crippen molar-refractivity contribution in [2.45, 2.75) is 62.6 Å². The molecule has 0 fully saturated rings. The van der Waals surface area contributed by atoms with E-state index in [0.29, 0.717) is 43.0 Å². The highest BCUT2D eigenvalue weighted by Gasteiger charge is 2.51. The molecule has 2 aromatic heterocycles. The molecule has 43 heavy (non-hydrogen) atoms. The van der Waals surface area contributed by atoms with Crippen LogP contribution in [0.5, 0.6) is 0 Å². The number of hydrogen-bond donors (Lipinski definition) is 2. The summed E-state index contributed by atoms with van der Waals surface area (Å²) in [5, 5.41) is 6.03. The zero-order chi connectivity index (χ0) is 30.1. The first-order valence-electron chi connectivity index (χ1n) is 14.4. The average molecular weight is 584 g/mol. The number of imidazole rings is 1. The van der Waals surface area contributed by atoms with Crippen LogP contribution in [0.3, 0.4) is 0 Å². The van der Waals surface area contributed by atoms with Crippen molar-refractivity contribution in [2.24, 2.45) is 0 Å². The number of rotatable bonds is 5. The lowest BCUT2D eigenvalue weighted by Crippen LogP contribution is -2.37. The van der Waals surface area contributed by atoms with E-state index < -0.39 is 34.6 Å². The predicted molar refractivity (Wildman–Crippen MR) is 155 cm³/mol. The summed E-state index contributed by atoms with van der Waals surface area (Å²) in [4.78, 5) is 35.8. The van der Waals surface area contributed by atoms with Crippen molar-refractivity contribution in [3.05, 3.63) is 112 Å². The van der Waals surface area contributed by atoms with E-state index in [1.165, 1.54) is 6.07 Å². The lowest BCUT2D eigenvalue weighted by atomic mass is 9.79. The molecule has 0 radical (unpaired) electrons. The van der Waals surface area contributed by atoms with Gasteiger partial charge in [0.05, 0.1) is 23.3 Å². The van der Waals surface area contributed by atoms with Crippen molar-refractivity contribution in [1.82, 2.24) is 19.9 Å². The van der Waals surface area contributed by atoms with Gasteiger partial charge >= 0.3 is 0 Å². The minimum atomic E-state index is -0.905. The van der Waals surface area contributed by atoms with Crippen LogP contribution in [-0.2, 0) is 39.9 Å². The summed E-state index contributed by atoms with van der Waals surface area (Å²) in [6, 6.07) is 12.9. The molecule has 2 N–H and O–H groups in total. The Balaban J connectivity index is 1.19. The van der Waals surface area contributed by atoms with Gasteiger partial charge in [0.1, 0.15) is 17.2 Å². The number of benzene rings is 2. The predicted octanol–water partition coefficient (Wildman–Crippen LogP) is 5.09. The third kappa shape index (κ3) is 4.26. The molecule has 7 rings (SSSR count). The highest BCUT2D eigenvalue weighted by molar-refractivity contribution is 6.06. The van der Waals surface area contributed by atoms with Crippen molar-refractivity contribution < 1.29 is 23.1 Å². The molecule has 2 amide bonds. The topological polar surface area (TPSA) is 98.1 Å². The van der Waals surface area contributed by atoms with Crippen molar-refractivity contribution in [3.63, 3.8) is 0 Å². The third-order valence-corrected chi connectivity index (χ3v) is 9.42. The Labute approximate surface area is 247 Å².